The van der Waals surface area contributed by atoms with Crippen LogP contribution in [-0.4, -0.2) is 30.2 Å². The van der Waals surface area contributed by atoms with Gasteiger partial charge >= 0.3 is 0 Å². The second-order valence-electron chi connectivity index (χ2n) is 5.36. The molecule has 2 aliphatic rings. The maximum atomic E-state index is 9.13. The van der Waals surface area contributed by atoms with Gasteiger partial charge in [-0.1, -0.05) is 0 Å². The van der Waals surface area contributed by atoms with E-state index in [0.29, 0.717) is 23.8 Å². The zero-order valence-electron chi connectivity index (χ0n) is 10.6. The van der Waals surface area contributed by atoms with Gasteiger partial charge in [0.25, 0.3) is 0 Å². The van der Waals surface area contributed by atoms with Gasteiger partial charge in [-0.15, -0.1) is 0 Å². The monoisotopic (exact) mass is 242 g/mol. The highest BCUT2D eigenvalue weighted by Gasteiger charge is 2.35. The minimum atomic E-state index is 0.528. The van der Waals surface area contributed by atoms with Crippen LogP contribution in [0.15, 0.2) is 18.3 Å². The van der Waals surface area contributed by atoms with Crippen LogP contribution in [0.2, 0.25) is 0 Å². The molecule has 0 spiro atoms. The summed E-state index contributed by atoms with van der Waals surface area (Å²) in [4.78, 5) is 6.40. The molecular formula is C14H18N4. The molecule has 2 atom stereocenters. The van der Waals surface area contributed by atoms with E-state index < -0.39 is 0 Å². The van der Waals surface area contributed by atoms with Crippen LogP contribution in [0.25, 0.3) is 0 Å². The number of pyridine rings is 1. The molecule has 2 bridgehead atoms. The van der Waals surface area contributed by atoms with E-state index in [1.807, 2.05) is 12.1 Å². The Morgan fingerprint density at radius 2 is 2.11 bits per heavy atom. The van der Waals surface area contributed by atoms with Crippen molar-refractivity contribution >= 4 is 5.69 Å². The largest absolute Gasteiger partial charge is 0.369 e. The Kier molecular flexibility index (Phi) is 2.92. The van der Waals surface area contributed by atoms with E-state index in [1.54, 1.807) is 6.20 Å². The second kappa shape index (κ2) is 4.58. The van der Waals surface area contributed by atoms with Crippen LogP contribution in [0.3, 0.4) is 0 Å². The minimum Gasteiger partial charge on any atom is -0.369 e. The quantitative estimate of drug-likeness (QED) is 0.857. The minimum absolute atomic E-state index is 0.528. The van der Waals surface area contributed by atoms with E-state index in [0.717, 1.165) is 5.69 Å². The van der Waals surface area contributed by atoms with Crippen LogP contribution in [0.1, 0.15) is 31.4 Å². The molecule has 4 nitrogen and oxygen atoms in total. The Bertz CT molecular complexity index is 467. The number of anilines is 1. The third-order valence-electron chi connectivity index (χ3n) is 4.27. The summed E-state index contributed by atoms with van der Waals surface area (Å²) >= 11 is 0. The highest BCUT2D eigenvalue weighted by Crippen LogP contribution is 2.31. The molecule has 0 aromatic carbocycles. The van der Waals surface area contributed by atoms with E-state index in [-0.39, 0.29) is 0 Å². The number of piperidine rings is 1. The summed E-state index contributed by atoms with van der Waals surface area (Å²) in [6, 6.07) is 7.94. The molecule has 1 aromatic heterocycles. The summed E-state index contributed by atoms with van der Waals surface area (Å²) in [7, 11) is 2.09. The number of aromatic nitrogens is 1. The van der Waals surface area contributed by atoms with Gasteiger partial charge in [-0.2, -0.15) is 5.26 Å². The second-order valence-corrected chi connectivity index (χ2v) is 5.36. The molecule has 4 heteroatoms. The lowest BCUT2D eigenvalue weighted by Crippen LogP contribution is -2.47. The number of nitriles is 1. The number of hydrogen-bond donors (Lipinski definition) is 1. The van der Waals surface area contributed by atoms with E-state index in [1.165, 1.54) is 25.7 Å². The third kappa shape index (κ3) is 1.95. The zero-order valence-corrected chi connectivity index (χ0v) is 10.6. The maximum Gasteiger partial charge on any atom is 0.163 e. The molecule has 0 radical (unpaired) electrons. The summed E-state index contributed by atoms with van der Waals surface area (Å²) in [5.41, 5.74) is 1.50. The summed E-state index contributed by atoms with van der Waals surface area (Å²) in [5, 5.41) is 12.8. The molecule has 3 rings (SSSR count). The SMILES string of the molecule is CN(c1cccnc1C#N)C1CC2CCC(C1)N2. The fourth-order valence-electron chi connectivity index (χ4n) is 3.31. The van der Waals surface area contributed by atoms with E-state index in [9.17, 15) is 0 Å². The molecule has 0 aliphatic carbocycles. The van der Waals surface area contributed by atoms with Gasteiger partial charge in [0.1, 0.15) is 6.07 Å². The number of nitrogens with zero attached hydrogens (tertiary/aromatic N) is 3. The van der Waals surface area contributed by atoms with E-state index in [2.05, 4.69) is 28.3 Å². The van der Waals surface area contributed by atoms with Crippen molar-refractivity contribution in [3.63, 3.8) is 0 Å². The standard InChI is InChI=1S/C14H18N4/c1-18(14-3-2-6-16-13(14)9-15)12-7-10-4-5-11(8-12)17-10/h2-3,6,10-12,17H,4-5,7-8H2,1H3. The van der Waals surface area contributed by atoms with Crippen LogP contribution in [0.4, 0.5) is 5.69 Å². The number of hydrogen-bond acceptors (Lipinski definition) is 4. The van der Waals surface area contributed by atoms with Crippen LogP contribution >= 0.6 is 0 Å². The van der Waals surface area contributed by atoms with Crippen molar-refractivity contribution in [1.82, 2.24) is 10.3 Å². The van der Waals surface area contributed by atoms with Gasteiger partial charge in [0.2, 0.25) is 0 Å². The lowest BCUT2D eigenvalue weighted by Gasteiger charge is -2.37. The van der Waals surface area contributed by atoms with Crippen molar-refractivity contribution < 1.29 is 0 Å². The molecule has 2 saturated heterocycles. The topological polar surface area (TPSA) is 52.0 Å². The predicted molar refractivity (Wildman–Crippen MR) is 70.3 cm³/mol. The van der Waals surface area contributed by atoms with Gasteiger partial charge in [-0.05, 0) is 37.8 Å². The van der Waals surface area contributed by atoms with Crippen molar-refractivity contribution in [3.05, 3.63) is 24.0 Å². The van der Waals surface area contributed by atoms with Crippen LogP contribution < -0.4 is 10.2 Å². The molecule has 0 amide bonds. The Labute approximate surface area is 108 Å². The lowest BCUT2D eigenvalue weighted by atomic mass is 9.98. The molecule has 2 fully saturated rings. The molecule has 2 aliphatic heterocycles. The number of rotatable bonds is 2. The summed E-state index contributed by atoms with van der Waals surface area (Å²) < 4.78 is 0. The first-order chi connectivity index (χ1) is 8.78. The van der Waals surface area contributed by atoms with Gasteiger partial charge < -0.3 is 10.2 Å². The normalized spacial score (nSPS) is 29.9. The highest BCUT2D eigenvalue weighted by molar-refractivity contribution is 5.55. The fourth-order valence-corrected chi connectivity index (χ4v) is 3.31. The summed E-state index contributed by atoms with van der Waals surface area (Å²) in [5.74, 6) is 0. The van der Waals surface area contributed by atoms with Crippen molar-refractivity contribution in [1.29, 1.82) is 5.26 Å². The van der Waals surface area contributed by atoms with Crippen molar-refractivity contribution in [2.24, 2.45) is 0 Å². The summed E-state index contributed by atoms with van der Waals surface area (Å²) in [6.07, 6.45) is 6.63. The molecular weight excluding hydrogens is 224 g/mol. The Hall–Kier alpha value is -1.60. The predicted octanol–water partition coefficient (Wildman–Crippen LogP) is 1.67. The van der Waals surface area contributed by atoms with Crippen molar-refractivity contribution in [2.75, 3.05) is 11.9 Å². The van der Waals surface area contributed by atoms with Gasteiger partial charge in [0, 0.05) is 31.4 Å². The van der Waals surface area contributed by atoms with Crippen molar-refractivity contribution in [3.8, 4) is 6.07 Å². The number of fused-ring (bicyclic) bond motifs is 2. The Morgan fingerprint density at radius 3 is 2.78 bits per heavy atom. The molecule has 0 saturated carbocycles. The highest BCUT2D eigenvalue weighted by atomic mass is 15.2. The maximum absolute atomic E-state index is 9.13. The van der Waals surface area contributed by atoms with Gasteiger partial charge in [0.05, 0.1) is 5.69 Å². The Balaban J connectivity index is 1.82. The first kappa shape index (κ1) is 11.5. The molecule has 2 unspecified atom stereocenters. The van der Waals surface area contributed by atoms with Crippen LogP contribution in [0, 0.1) is 11.3 Å². The molecule has 18 heavy (non-hydrogen) atoms. The van der Waals surface area contributed by atoms with E-state index >= 15 is 0 Å². The van der Waals surface area contributed by atoms with Crippen LogP contribution in [-0.2, 0) is 0 Å². The Morgan fingerprint density at radius 1 is 1.39 bits per heavy atom. The van der Waals surface area contributed by atoms with E-state index in [4.69, 9.17) is 5.26 Å². The summed E-state index contributed by atoms with van der Waals surface area (Å²) in [6.45, 7) is 0. The first-order valence-corrected chi connectivity index (χ1v) is 6.62. The fraction of sp³-hybridized carbons (Fsp3) is 0.571. The average molecular weight is 242 g/mol. The lowest BCUT2D eigenvalue weighted by molar-refractivity contribution is 0.354. The smallest absolute Gasteiger partial charge is 0.163 e. The molecule has 1 N–H and O–H groups in total. The first-order valence-electron chi connectivity index (χ1n) is 6.62. The number of nitrogens with one attached hydrogen (secondary N) is 1. The molecule has 3 heterocycles. The van der Waals surface area contributed by atoms with Crippen LogP contribution in [0.5, 0.6) is 0 Å². The van der Waals surface area contributed by atoms with Gasteiger partial charge in [0.15, 0.2) is 5.69 Å². The third-order valence-corrected chi connectivity index (χ3v) is 4.27. The molecule has 1 aromatic rings. The average Bonchev–Trinajstić information content (AvgIpc) is 2.76. The molecule has 94 valence electrons. The van der Waals surface area contributed by atoms with Gasteiger partial charge in [-0.25, -0.2) is 4.98 Å². The van der Waals surface area contributed by atoms with Gasteiger partial charge in [-0.3, -0.25) is 0 Å². The zero-order chi connectivity index (χ0) is 12.5. The van der Waals surface area contributed by atoms with Crippen molar-refractivity contribution in [2.45, 2.75) is 43.8 Å².